The van der Waals surface area contributed by atoms with Crippen molar-refractivity contribution in [2.24, 2.45) is 0 Å². The molecule has 4 heteroatoms. The minimum absolute atomic E-state index is 0.905. The Hall–Kier alpha value is -4.02. The maximum Gasteiger partial charge on any atom is 0.138 e. The Morgan fingerprint density at radius 2 is 1.53 bits per heavy atom. The van der Waals surface area contributed by atoms with E-state index in [4.69, 9.17) is 9.97 Å². The molecule has 150 valence electrons. The summed E-state index contributed by atoms with van der Waals surface area (Å²) >= 11 is 1.84. The minimum atomic E-state index is 0.905. The first-order valence-electron chi connectivity index (χ1n) is 10.6. The molecule has 0 amide bonds. The van der Waals surface area contributed by atoms with Crippen LogP contribution in [0.3, 0.4) is 0 Å². The van der Waals surface area contributed by atoms with Gasteiger partial charge in [0.25, 0.3) is 0 Å². The van der Waals surface area contributed by atoms with Crippen molar-refractivity contribution < 1.29 is 0 Å². The van der Waals surface area contributed by atoms with E-state index in [0.29, 0.717) is 0 Å². The van der Waals surface area contributed by atoms with Crippen LogP contribution in [0.2, 0.25) is 0 Å². The van der Waals surface area contributed by atoms with Gasteiger partial charge >= 0.3 is 0 Å². The van der Waals surface area contributed by atoms with Gasteiger partial charge in [-0.1, -0.05) is 54.6 Å². The molecule has 0 aliphatic rings. The summed E-state index contributed by atoms with van der Waals surface area (Å²) < 4.78 is 4.86. The highest BCUT2D eigenvalue weighted by Gasteiger charge is 2.19. The summed E-state index contributed by atoms with van der Waals surface area (Å²) in [6.45, 7) is 0. The molecule has 4 aromatic heterocycles. The molecule has 0 aliphatic carbocycles. The first kappa shape index (κ1) is 17.6. The van der Waals surface area contributed by atoms with Crippen LogP contribution >= 0.6 is 11.3 Å². The van der Waals surface area contributed by atoms with Gasteiger partial charge in [0.15, 0.2) is 0 Å². The largest absolute Gasteiger partial charge is 0.291 e. The molecule has 3 nitrogen and oxygen atoms in total. The van der Waals surface area contributed by atoms with E-state index in [0.717, 1.165) is 33.5 Å². The van der Waals surface area contributed by atoms with Crippen LogP contribution in [-0.4, -0.2) is 14.5 Å². The number of hydrogen-bond donors (Lipinski definition) is 0. The molecule has 0 aliphatic heterocycles. The Morgan fingerprint density at radius 3 is 2.47 bits per heavy atom. The van der Waals surface area contributed by atoms with Crippen molar-refractivity contribution >= 4 is 53.4 Å². The minimum Gasteiger partial charge on any atom is -0.291 e. The summed E-state index contributed by atoms with van der Waals surface area (Å²) in [4.78, 5) is 9.86. The highest BCUT2D eigenvalue weighted by Crippen LogP contribution is 2.42. The predicted molar refractivity (Wildman–Crippen MR) is 135 cm³/mol. The molecule has 7 rings (SSSR count). The van der Waals surface area contributed by atoms with Crippen molar-refractivity contribution in [2.75, 3.05) is 0 Å². The van der Waals surface area contributed by atoms with Crippen molar-refractivity contribution in [3.63, 3.8) is 0 Å². The van der Waals surface area contributed by atoms with Crippen LogP contribution in [-0.2, 0) is 0 Å². The first-order chi connectivity index (χ1) is 15.9. The standard InChI is InChI=1S/C28H17N3S/c1-2-8-18(9-3-1)21-11-6-14-25(30-21)31-22-12-7-17-29-27(22)20-15-16-24-26(28(20)31)19-10-4-5-13-23(19)32-24/h1-17H. The predicted octanol–water partition coefficient (Wildman–Crippen LogP) is 7.61. The Morgan fingerprint density at radius 1 is 0.656 bits per heavy atom. The number of hydrogen-bond acceptors (Lipinski definition) is 3. The summed E-state index contributed by atoms with van der Waals surface area (Å²) in [6, 6.07) is 33.8. The molecule has 0 radical (unpaired) electrons. The van der Waals surface area contributed by atoms with Crippen LogP contribution in [0.1, 0.15) is 0 Å². The van der Waals surface area contributed by atoms with Crippen LogP contribution in [0, 0.1) is 0 Å². The van der Waals surface area contributed by atoms with E-state index < -0.39 is 0 Å². The Bertz CT molecular complexity index is 1780. The van der Waals surface area contributed by atoms with Crippen LogP contribution < -0.4 is 0 Å². The van der Waals surface area contributed by atoms with E-state index >= 15 is 0 Å². The Balaban J connectivity index is 1.65. The van der Waals surface area contributed by atoms with Gasteiger partial charge in [-0.05, 0) is 42.5 Å². The monoisotopic (exact) mass is 427 g/mol. The zero-order valence-electron chi connectivity index (χ0n) is 17.1. The second kappa shape index (κ2) is 6.74. The fourth-order valence-corrected chi connectivity index (χ4v) is 5.79. The topological polar surface area (TPSA) is 30.7 Å². The van der Waals surface area contributed by atoms with Gasteiger partial charge in [-0.25, -0.2) is 4.98 Å². The number of aromatic nitrogens is 3. The van der Waals surface area contributed by atoms with E-state index in [1.54, 1.807) is 0 Å². The van der Waals surface area contributed by atoms with E-state index in [9.17, 15) is 0 Å². The number of thiophene rings is 1. The molecular formula is C28H17N3S. The van der Waals surface area contributed by atoms with Gasteiger partial charge in [0.1, 0.15) is 5.82 Å². The maximum atomic E-state index is 5.10. The number of rotatable bonds is 2. The Kier molecular flexibility index (Phi) is 3.72. The third-order valence-electron chi connectivity index (χ3n) is 6.06. The second-order valence-corrected chi connectivity index (χ2v) is 8.97. The molecule has 4 heterocycles. The molecule has 0 fully saturated rings. The van der Waals surface area contributed by atoms with E-state index in [2.05, 4.69) is 89.5 Å². The molecule has 32 heavy (non-hydrogen) atoms. The Labute approximate surface area is 188 Å². The summed E-state index contributed by atoms with van der Waals surface area (Å²) in [7, 11) is 0. The number of nitrogens with zero attached hydrogens (tertiary/aromatic N) is 3. The third-order valence-corrected chi connectivity index (χ3v) is 7.19. The molecule has 0 atom stereocenters. The van der Waals surface area contributed by atoms with Crippen LogP contribution in [0.25, 0.3) is 59.2 Å². The lowest BCUT2D eigenvalue weighted by Gasteiger charge is -2.10. The van der Waals surface area contributed by atoms with Gasteiger partial charge in [0.05, 0.1) is 22.2 Å². The number of pyridine rings is 2. The molecule has 7 aromatic rings. The van der Waals surface area contributed by atoms with Gasteiger partial charge in [-0.2, -0.15) is 0 Å². The van der Waals surface area contributed by atoms with Gasteiger partial charge in [-0.15, -0.1) is 11.3 Å². The van der Waals surface area contributed by atoms with E-state index in [1.165, 1.54) is 25.7 Å². The lowest BCUT2D eigenvalue weighted by atomic mass is 10.1. The molecule has 0 unspecified atom stereocenters. The first-order valence-corrected chi connectivity index (χ1v) is 11.4. The average Bonchev–Trinajstić information content (AvgIpc) is 3.40. The third kappa shape index (κ3) is 2.47. The van der Waals surface area contributed by atoms with Gasteiger partial charge in [0.2, 0.25) is 0 Å². The summed E-state index contributed by atoms with van der Waals surface area (Å²) in [6.07, 6.45) is 1.87. The van der Waals surface area contributed by atoms with Crippen LogP contribution in [0.4, 0.5) is 0 Å². The fourth-order valence-electron chi connectivity index (χ4n) is 4.68. The van der Waals surface area contributed by atoms with Crippen molar-refractivity contribution in [1.82, 2.24) is 14.5 Å². The van der Waals surface area contributed by atoms with Gasteiger partial charge in [-0.3, -0.25) is 9.55 Å². The lowest BCUT2D eigenvalue weighted by Crippen LogP contribution is -1.98. The van der Waals surface area contributed by atoms with Crippen molar-refractivity contribution in [1.29, 1.82) is 0 Å². The summed E-state index contributed by atoms with van der Waals surface area (Å²) in [5.74, 6) is 0.905. The van der Waals surface area contributed by atoms with Crippen LogP contribution in [0.15, 0.2) is 103 Å². The smallest absolute Gasteiger partial charge is 0.138 e. The molecular weight excluding hydrogens is 410 g/mol. The molecule has 0 N–H and O–H groups in total. The molecule has 0 bridgehead atoms. The summed E-state index contributed by atoms with van der Waals surface area (Å²) in [5, 5.41) is 3.71. The number of benzene rings is 3. The highest BCUT2D eigenvalue weighted by molar-refractivity contribution is 7.26. The van der Waals surface area contributed by atoms with E-state index in [1.807, 2.05) is 29.7 Å². The zero-order valence-corrected chi connectivity index (χ0v) is 17.9. The van der Waals surface area contributed by atoms with Crippen molar-refractivity contribution in [3.8, 4) is 17.1 Å². The summed E-state index contributed by atoms with van der Waals surface area (Å²) in [5.41, 5.74) is 5.32. The quantitative estimate of drug-likeness (QED) is 0.284. The average molecular weight is 428 g/mol. The van der Waals surface area contributed by atoms with Crippen LogP contribution in [0.5, 0.6) is 0 Å². The zero-order chi connectivity index (χ0) is 21.1. The van der Waals surface area contributed by atoms with E-state index in [-0.39, 0.29) is 0 Å². The fraction of sp³-hybridized carbons (Fsp3) is 0. The molecule has 3 aromatic carbocycles. The molecule has 0 saturated carbocycles. The lowest BCUT2D eigenvalue weighted by molar-refractivity contribution is 1.09. The second-order valence-electron chi connectivity index (χ2n) is 7.89. The number of fused-ring (bicyclic) bond motifs is 7. The van der Waals surface area contributed by atoms with Gasteiger partial charge < -0.3 is 0 Å². The van der Waals surface area contributed by atoms with Crippen molar-refractivity contribution in [2.45, 2.75) is 0 Å². The van der Waals surface area contributed by atoms with Crippen molar-refractivity contribution in [3.05, 3.63) is 103 Å². The highest BCUT2D eigenvalue weighted by atomic mass is 32.1. The van der Waals surface area contributed by atoms with Gasteiger partial charge in [0, 0.05) is 37.3 Å². The normalized spacial score (nSPS) is 11.8. The molecule has 0 saturated heterocycles. The SMILES string of the molecule is c1ccc(-c2cccc(-n3c4cccnc4c4ccc5sc6ccccc6c5c43)n2)cc1. The molecule has 0 spiro atoms. The maximum absolute atomic E-state index is 5.10.